The van der Waals surface area contributed by atoms with Gasteiger partial charge in [0.25, 0.3) is 22.2 Å². The van der Waals surface area contributed by atoms with Crippen LogP contribution in [-0.4, -0.2) is 219 Å². The Kier molecular flexibility index (Phi) is 34.1. The number of morpholine rings is 1. The molecule has 2 fully saturated rings. The predicted octanol–water partition coefficient (Wildman–Crippen LogP) is 15.5. The third kappa shape index (κ3) is 26.8. The van der Waals surface area contributed by atoms with Gasteiger partial charge in [-0.2, -0.15) is 0 Å². The Bertz CT molecular complexity index is 8460. The molecule has 0 amide bonds. The molecule has 0 aliphatic carbocycles. The molecule has 32 nitrogen and oxygen atoms in total. The first-order valence-electron chi connectivity index (χ1n) is 46.5. The van der Waals surface area contributed by atoms with Crippen LogP contribution in [0.2, 0.25) is 17.3 Å². The van der Waals surface area contributed by atoms with Gasteiger partial charge in [-0.1, -0.05) is 94.9 Å². The molecule has 147 heavy (non-hydrogen) atoms. The zero-order valence-corrected chi connectivity index (χ0v) is 88.0. The quantitative estimate of drug-likeness (QED) is 0.0311. The van der Waals surface area contributed by atoms with Crippen LogP contribution in [0.4, 0.5) is 17.1 Å². The van der Waals surface area contributed by atoms with Gasteiger partial charge < -0.3 is 30.3 Å². The molecule has 0 bridgehead atoms. The molecule has 0 unspecified atom stereocenters. The van der Waals surface area contributed by atoms with E-state index in [-0.39, 0.29) is 64.8 Å². The summed E-state index contributed by atoms with van der Waals surface area (Å²) in [5.41, 5.74) is 11.4. The van der Waals surface area contributed by atoms with Crippen molar-refractivity contribution >= 4 is 221 Å². The summed E-state index contributed by atoms with van der Waals surface area (Å²) in [6.45, 7) is 11.7. The van der Waals surface area contributed by atoms with Crippen LogP contribution in [0.15, 0.2) is 279 Å². The fourth-order valence-electron chi connectivity index (χ4n) is 17.1. The molecule has 20 rings (SSSR count). The van der Waals surface area contributed by atoms with Gasteiger partial charge in [0, 0.05) is 86.6 Å². The molecule has 0 atom stereocenters. The first-order valence-corrected chi connectivity index (χ1v) is 57.9. The fourth-order valence-corrected chi connectivity index (χ4v) is 28.3. The number of sulfone groups is 4. The highest BCUT2D eigenvalue weighted by Gasteiger charge is 2.29. The number of ketones is 4. The number of anilines is 3. The summed E-state index contributed by atoms with van der Waals surface area (Å²) in [6.07, 6.45) is 11.3. The van der Waals surface area contributed by atoms with E-state index in [0.29, 0.717) is 125 Å². The average Bonchev–Trinajstić information content (AvgIpc) is 1.68. The zero-order valence-electron chi connectivity index (χ0n) is 78.4. The van der Waals surface area contributed by atoms with Crippen molar-refractivity contribution in [2.24, 2.45) is 4.99 Å². The lowest BCUT2D eigenvalue weighted by molar-refractivity contribution is -0.116. The van der Waals surface area contributed by atoms with Gasteiger partial charge in [0.2, 0.25) is 5.90 Å². The minimum Gasteiger partial charge on any atom is -0.476 e. The lowest BCUT2D eigenvalue weighted by Gasteiger charge is -2.26. The number of benzene rings is 8. The molecule has 4 aliphatic rings. The number of Topliss-reactive ketones (excluding diaryl/α,β-unsaturated/α-hetero) is 4. The van der Waals surface area contributed by atoms with Crippen molar-refractivity contribution in [2.75, 3.05) is 124 Å². The Morgan fingerprint density at radius 2 is 0.721 bits per heavy atom. The Morgan fingerprint density at radius 3 is 1.07 bits per heavy atom. The van der Waals surface area contributed by atoms with Crippen molar-refractivity contribution in [1.29, 1.82) is 0 Å². The lowest BCUT2D eigenvalue weighted by atomic mass is 10.1. The number of nitrogens with one attached hydrogen (secondary N) is 3. The van der Waals surface area contributed by atoms with Crippen LogP contribution in [0.1, 0.15) is 59.1 Å². The number of thiophene rings is 4. The van der Waals surface area contributed by atoms with Crippen LogP contribution < -0.4 is 38.2 Å². The third-order valence-corrected chi connectivity index (χ3v) is 38.3. The van der Waals surface area contributed by atoms with Gasteiger partial charge in [-0.05, 0) is 244 Å². The van der Waals surface area contributed by atoms with Crippen molar-refractivity contribution < 1.29 is 62.3 Å². The van der Waals surface area contributed by atoms with Gasteiger partial charge in [0.05, 0.1) is 103 Å². The van der Waals surface area contributed by atoms with E-state index in [2.05, 4.69) is 50.7 Å². The first-order chi connectivity index (χ1) is 70.7. The number of halogens is 4. The molecule has 3 N–H and O–H groups in total. The highest BCUT2D eigenvalue weighted by Crippen LogP contribution is 2.34. The number of aromatic nitrogens is 8. The number of ether oxygens (including phenoxy) is 2. The van der Waals surface area contributed by atoms with Crippen LogP contribution in [0, 0.1) is 0 Å². The topological polar surface area (TPSA) is 418 Å². The van der Waals surface area contributed by atoms with E-state index in [9.17, 15) is 72.0 Å². The third-order valence-electron chi connectivity index (χ3n) is 24.4. The highest BCUT2D eigenvalue weighted by atomic mass is 35.5. The van der Waals surface area contributed by atoms with Crippen molar-refractivity contribution in [3.05, 3.63) is 330 Å². The minimum absolute atomic E-state index is 0.0252. The number of hydrogen-bond acceptors (Lipinski definition) is 32. The Labute approximate surface area is 880 Å². The second-order valence-electron chi connectivity index (χ2n) is 34.9. The molecule has 2 saturated heterocycles. The van der Waals surface area contributed by atoms with Gasteiger partial charge in [0.1, 0.15) is 71.8 Å². The predicted molar refractivity (Wildman–Crippen MR) is 578 cm³/mol. The summed E-state index contributed by atoms with van der Waals surface area (Å²) in [6, 6.07) is 59.1. The number of carbonyl (C=O) groups is 4. The number of nitrogens with zero attached hydrogens (tertiary/aromatic N) is 11. The normalized spacial score (nSPS) is 13.9. The number of hydrogen-bond donors (Lipinski definition) is 3. The molecule has 16 aromatic rings. The molecule has 12 heterocycles. The molecular weight excluding hydrogens is 2120 g/mol. The molecule has 0 spiro atoms. The molecule has 0 saturated carbocycles. The largest absolute Gasteiger partial charge is 0.476 e. The lowest BCUT2D eigenvalue weighted by Crippen LogP contribution is -2.37. The maximum atomic E-state index is 13.2. The number of carbonyl (C=O) groups excluding carboxylic acids is 4. The molecule has 4 aliphatic heterocycles. The van der Waals surface area contributed by atoms with Gasteiger partial charge in [-0.3, -0.25) is 61.5 Å². The Hall–Kier alpha value is -12.5. The van der Waals surface area contributed by atoms with Crippen LogP contribution in [0.25, 0.3) is 66.4 Å². The van der Waals surface area contributed by atoms with E-state index in [1.54, 1.807) is 133 Å². The first kappa shape index (κ1) is 106. The van der Waals surface area contributed by atoms with E-state index in [0.717, 1.165) is 152 Å². The smallest absolute Gasteiger partial charge is 0.265 e. The van der Waals surface area contributed by atoms with Gasteiger partial charge in [0.15, 0.2) is 62.5 Å². The standard InChI is InChI=1S/C28H29ClN4O5S2.C28H29ClN4O4S2.C24H18ClN3O5S2.C23H18ClN3O4S2/c29-26-8-9-27(39-26)40(36,37)18-23(34)16-20-2-5-22(6-3-20)33-19-31-25-17-21(4-7-24(25)28(33)35)30-10-1-11-32-12-14-38-15-13-32;29-26-10-11-27(38-26)39(36,37)18-23(34)16-20-4-7-22(8-5-20)33-19-31-25-17-21(6-9-24(25)28(33)35)30-12-3-15-32-13-1-2-14-32;25-21-7-8-22(34-21)35(31,32)13-18(29)11-15-1-4-17(5-2-15)28-14-27-20-12-16(23-26-9-10-33-23)3-6-19(20)24(28)30;24-20-7-8-21(32-20)33(30,31)12-16(28)11-14-1-3-15(4-2-14)27-13-26-22-17-9-10-25-19(17)6-5-18(22)23(27)29/h2-9,17,19,30H,1,10-16,18H2;4-11,17,19,30H,1-3,12-16,18H2;1-8,12,14H,9-11,13H2;1-8,13,25H,9-12H2. The molecular formula is C103H94Cl4N14O18S8. The van der Waals surface area contributed by atoms with E-state index in [1.165, 1.54) is 118 Å². The van der Waals surface area contributed by atoms with Gasteiger partial charge >= 0.3 is 0 Å². The van der Waals surface area contributed by atoms with Crippen molar-refractivity contribution in [3.8, 4) is 22.7 Å². The van der Waals surface area contributed by atoms with Gasteiger partial charge in [-0.25, -0.2) is 58.6 Å². The van der Waals surface area contributed by atoms with E-state index in [1.807, 2.05) is 30.3 Å². The van der Waals surface area contributed by atoms with Crippen molar-refractivity contribution in [2.45, 2.75) is 74.6 Å². The highest BCUT2D eigenvalue weighted by molar-refractivity contribution is 7.95. The van der Waals surface area contributed by atoms with Crippen molar-refractivity contribution in [3.63, 3.8) is 0 Å². The summed E-state index contributed by atoms with van der Waals surface area (Å²) in [7, 11) is -14.9. The van der Waals surface area contributed by atoms with Crippen LogP contribution in [0.5, 0.6) is 0 Å². The Morgan fingerprint density at radius 1 is 0.381 bits per heavy atom. The zero-order chi connectivity index (χ0) is 103. The summed E-state index contributed by atoms with van der Waals surface area (Å²) < 4.78 is 118. The molecule has 0 radical (unpaired) electrons. The molecule has 8 aromatic heterocycles. The van der Waals surface area contributed by atoms with Gasteiger partial charge in [-0.15, -0.1) is 45.3 Å². The number of aliphatic imine (C=N–C) groups is 1. The van der Waals surface area contributed by atoms with E-state index < -0.39 is 85.5 Å². The summed E-state index contributed by atoms with van der Waals surface area (Å²) in [5.74, 6) is -3.51. The van der Waals surface area contributed by atoms with Crippen LogP contribution in [-0.2, 0) is 100 Å². The minimum atomic E-state index is -3.73. The second kappa shape index (κ2) is 47.3. The maximum absolute atomic E-state index is 13.2. The summed E-state index contributed by atoms with van der Waals surface area (Å²) in [4.78, 5) is 129. The van der Waals surface area contributed by atoms with E-state index in [4.69, 9.17) is 55.9 Å². The second-order valence-corrected chi connectivity index (χ2v) is 50.7. The van der Waals surface area contributed by atoms with Crippen molar-refractivity contribution in [1.82, 2.24) is 48.0 Å². The average molecular weight is 2210 g/mol. The number of rotatable bonds is 35. The number of likely N-dealkylation sites (tertiary alicyclic amines) is 1. The molecule has 44 heteroatoms. The summed E-state index contributed by atoms with van der Waals surface area (Å²) >= 11 is 27.0. The fraction of sp³-hybridized carbons (Fsp3) is 0.252. The van der Waals surface area contributed by atoms with Crippen LogP contribution in [0.3, 0.4) is 0 Å². The summed E-state index contributed by atoms with van der Waals surface area (Å²) in [5, 5.41) is 12.1. The monoisotopic (exact) mass is 2210 g/mol. The Balaban J connectivity index is 0.000000134. The number of fused-ring (bicyclic) bond motifs is 6. The van der Waals surface area contributed by atoms with Crippen LogP contribution >= 0.6 is 91.8 Å². The molecule has 760 valence electrons. The SMILES string of the molecule is O=C(Cc1ccc(-n2cnc3c4c(ccc3c2=O)NCC4)cc1)CS(=O)(=O)c1ccc(Cl)s1.O=C(Cc1ccc(-n2cnc3cc(C4=NCCO4)ccc3c2=O)cc1)CS(=O)(=O)c1ccc(Cl)s1.O=C(Cc1ccc(-n2cnc3cc(NCCCN4CCCC4)ccc3c2=O)cc1)CS(=O)(=O)c1ccc(Cl)s1.O=C(Cc1ccc(-n2cnc3cc(NCCCN4CCOCC4)ccc3c2=O)cc1)CS(=O)(=O)c1ccc(Cl)s1. The van der Waals surface area contributed by atoms with E-state index >= 15 is 0 Å². The maximum Gasteiger partial charge on any atom is 0.265 e. The molecule has 8 aromatic carbocycles.